The molecule has 0 bridgehead atoms. The summed E-state index contributed by atoms with van der Waals surface area (Å²) in [7, 11) is 3.87. The van der Waals surface area contributed by atoms with E-state index in [1.807, 2.05) is 46.7 Å². The quantitative estimate of drug-likeness (QED) is 0.640. The van der Waals surface area contributed by atoms with Gasteiger partial charge in [0.15, 0.2) is 0 Å². The molecular formula is C10H25NO2. The van der Waals surface area contributed by atoms with Crippen molar-refractivity contribution < 1.29 is 9.53 Å². The second-order valence-electron chi connectivity index (χ2n) is 2.14. The van der Waals surface area contributed by atoms with Crippen LogP contribution in [0.3, 0.4) is 0 Å². The zero-order valence-electron chi connectivity index (χ0n) is 10.2. The summed E-state index contributed by atoms with van der Waals surface area (Å²) >= 11 is 0. The van der Waals surface area contributed by atoms with E-state index in [9.17, 15) is 4.79 Å². The maximum Gasteiger partial charge on any atom is 0.302 e. The number of hydrogen-bond acceptors (Lipinski definition) is 3. The Morgan fingerprint density at radius 2 is 1.54 bits per heavy atom. The molecule has 0 heterocycles. The number of carbonyl (C=O) groups excluding carboxylic acids is 1. The van der Waals surface area contributed by atoms with Gasteiger partial charge < -0.3 is 9.64 Å². The molecule has 0 aromatic heterocycles. The van der Waals surface area contributed by atoms with Crippen molar-refractivity contribution >= 4 is 5.97 Å². The second-order valence-corrected chi connectivity index (χ2v) is 2.14. The Hall–Kier alpha value is -0.570. The molecule has 0 saturated carbocycles. The average molecular weight is 191 g/mol. The standard InChI is InChI=1S/C6H13NO2.2C2H6/c1-6(8)9-5-4-7(2)3;2*1-2/h4-5H2,1-3H3;2*1-2H3. The van der Waals surface area contributed by atoms with Crippen LogP contribution < -0.4 is 0 Å². The summed E-state index contributed by atoms with van der Waals surface area (Å²) in [6.45, 7) is 10.7. The van der Waals surface area contributed by atoms with E-state index in [1.165, 1.54) is 6.92 Å². The third kappa shape index (κ3) is 34.5. The molecule has 0 rings (SSSR count). The fraction of sp³-hybridized carbons (Fsp3) is 0.900. The number of hydrogen-bond donors (Lipinski definition) is 0. The fourth-order valence-electron chi connectivity index (χ4n) is 0.372. The lowest BCUT2D eigenvalue weighted by atomic mass is 10.6. The summed E-state index contributed by atoms with van der Waals surface area (Å²) in [5.41, 5.74) is 0. The van der Waals surface area contributed by atoms with Crippen LogP contribution >= 0.6 is 0 Å². The maximum atomic E-state index is 10.2. The van der Waals surface area contributed by atoms with Crippen molar-refractivity contribution in [3.63, 3.8) is 0 Å². The lowest BCUT2D eigenvalue weighted by molar-refractivity contribution is -0.141. The molecule has 0 fully saturated rings. The lowest BCUT2D eigenvalue weighted by Crippen LogP contribution is -2.19. The van der Waals surface area contributed by atoms with Crippen molar-refractivity contribution in [1.82, 2.24) is 4.90 Å². The molecule has 3 nitrogen and oxygen atoms in total. The molecule has 0 aromatic carbocycles. The molecule has 0 atom stereocenters. The first kappa shape index (κ1) is 18.3. The van der Waals surface area contributed by atoms with E-state index in [0.717, 1.165) is 6.54 Å². The van der Waals surface area contributed by atoms with Crippen molar-refractivity contribution in [1.29, 1.82) is 0 Å². The van der Waals surface area contributed by atoms with Crippen molar-refractivity contribution in [2.24, 2.45) is 0 Å². The number of rotatable bonds is 3. The minimum atomic E-state index is -0.211. The highest BCUT2D eigenvalue weighted by Crippen LogP contribution is 1.77. The van der Waals surface area contributed by atoms with E-state index in [0.29, 0.717) is 6.61 Å². The minimum absolute atomic E-state index is 0.211. The molecule has 0 saturated heterocycles. The Kier molecular flexibility index (Phi) is 24.6. The average Bonchev–Trinajstić information content (AvgIpc) is 2.10. The fourth-order valence-corrected chi connectivity index (χ4v) is 0.372. The molecule has 13 heavy (non-hydrogen) atoms. The van der Waals surface area contributed by atoms with Gasteiger partial charge in [-0.25, -0.2) is 0 Å². The summed E-state index contributed by atoms with van der Waals surface area (Å²) in [4.78, 5) is 12.1. The molecule has 0 amide bonds. The number of nitrogens with zero attached hydrogens (tertiary/aromatic N) is 1. The first-order chi connectivity index (χ1) is 6.13. The van der Waals surface area contributed by atoms with Gasteiger partial charge in [0, 0.05) is 13.5 Å². The van der Waals surface area contributed by atoms with Gasteiger partial charge in [-0.15, -0.1) is 0 Å². The zero-order chi connectivity index (χ0) is 11.3. The van der Waals surface area contributed by atoms with Crippen LogP contribution in [0.25, 0.3) is 0 Å². The van der Waals surface area contributed by atoms with Crippen molar-refractivity contribution in [2.45, 2.75) is 34.6 Å². The molecule has 0 aliphatic carbocycles. The largest absolute Gasteiger partial charge is 0.465 e. The third-order valence-corrected chi connectivity index (χ3v) is 0.844. The van der Waals surface area contributed by atoms with Gasteiger partial charge in [0.1, 0.15) is 6.61 Å². The van der Waals surface area contributed by atoms with Gasteiger partial charge in [0.05, 0.1) is 0 Å². The normalized spacial score (nSPS) is 7.69. The van der Waals surface area contributed by atoms with Crippen molar-refractivity contribution in [3.05, 3.63) is 0 Å². The van der Waals surface area contributed by atoms with E-state index in [2.05, 4.69) is 4.74 Å². The van der Waals surface area contributed by atoms with Crippen LogP contribution in [0.1, 0.15) is 34.6 Å². The van der Waals surface area contributed by atoms with Crippen LogP contribution in [-0.4, -0.2) is 38.1 Å². The van der Waals surface area contributed by atoms with Gasteiger partial charge in [-0.05, 0) is 14.1 Å². The monoisotopic (exact) mass is 191 g/mol. The number of likely N-dealkylation sites (N-methyl/N-ethyl adjacent to an activating group) is 1. The number of carbonyl (C=O) groups is 1. The number of esters is 1. The lowest BCUT2D eigenvalue weighted by Gasteiger charge is -2.07. The predicted octanol–water partition coefficient (Wildman–Crippen LogP) is 2.16. The summed E-state index contributed by atoms with van der Waals surface area (Å²) in [6.07, 6.45) is 0. The molecule has 0 aromatic rings. The van der Waals surface area contributed by atoms with E-state index in [1.54, 1.807) is 0 Å². The Balaban J connectivity index is -0.000000218. The van der Waals surface area contributed by atoms with Crippen LogP contribution in [0, 0.1) is 0 Å². The van der Waals surface area contributed by atoms with E-state index in [-0.39, 0.29) is 5.97 Å². The highest BCUT2D eigenvalue weighted by molar-refractivity contribution is 5.65. The van der Waals surface area contributed by atoms with Crippen molar-refractivity contribution in [2.75, 3.05) is 27.2 Å². The first-order valence-corrected chi connectivity index (χ1v) is 4.91. The highest BCUT2D eigenvalue weighted by Gasteiger charge is 1.92. The van der Waals surface area contributed by atoms with Crippen molar-refractivity contribution in [3.8, 4) is 0 Å². The molecule has 0 spiro atoms. The van der Waals surface area contributed by atoms with Gasteiger partial charge in [0.2, 0.25) is 0 Å². The summed E-state index contributed by atoms with van der Waals surface area (Å²) in [5.74, 6) is -0.211. The molecule has 0 aliphatic rings. The molecule has 0 aliphatic heterocycles. The van der Waals surface area contributed by atoms with Crippen LogP contribution in [-0.2, 0) is 9.53 Å². The van der Waals surface area contributed by atoms with Gasteiger partial charge in [-0.3, -0.25) is 4.79 Å². The molecule has 0 unspecified atom stereocenters. The van der Waals surface area contributed by atoms with Crippen LogP contribution in [0.15, 0.2) is 0 Å². The molecule has 82 valence electrons. The second kappa shape index (κ2) is 17.5. The van der Waals surface area contributed by atoms with Crippen LogP contribution in [0.5, 0.6) is 0 Å². The summed E-state index contributed by atoms with van der Waals surface area (Å²) < 4.78 is 4.67. The first-order valence-electron chi connectivity index (χ1n) is 4.91. The zero-order valence-corrected chi connectivity index (χ0v) is 10.2. The van der Waals surface area contributed by atoms with E-state index in [4.69, 9.17) is 0 Å². The minimum Gasteiger partial charge on any atom is -0.465 e. The summed E-state index contributed by atoms with van der Waals surface area (Å²) in [5, 5.41) is 0. The molecule has 0 radical (unpaired) electrons. The third-order valence-electron chi connectivity index (χ3n) is 0.844. The van der Waals surface area contributed by atoms with Gasteiger partial charge in [-0.2, -0.15) is 0 Å². The molecular weight excluding hydrogens is 166 g/mol. The van der Waals surface area contributed by atoms with Crippen LogP contribution in [0.2, 0.25) is 0 Å². The molecule has 3 heteroatoms. The molecule has 0 N–H and O–H groups in total. The van der Waals surface area contributed by atoms with Crippen LogP contribution in [0.4, 0.5) is 0 Å². The Bertz CT molecular complexity index is 92.9. The highest BCUT2D eigenvalue weighted by atomic mass is 16.5. The summed E-state index contributed by atoms with van der Waals surface area (Å²) in [6, 6.07) is 0. The SMILES string of the molecule is CC.CC.CC(=O)OCCN(C)C. The topological polar surface area (TPSA) is 29.5 Å². The smallest absolute Gasteiger partial charge is 0.302 e. The predicted molar refractivity (Wildman–Crippen MR) is 57.9 cm³/mol. The van der Waals surface area contributed by atoms with E-state index >= 15 is 0 Å². The van der Waals surface area contributed by atoms with Gasteiger partial charge in [0.25, 0.3) is 0 Å². The van der Waals surface area contributed by atoms with Gasteiger partial charge in [-0.1, -0.05) is 27.7 Å². The Morgan fingerprint density at radius 1 is 1.15 bits per heavy atom. The van der Waals surface area contributed by atoms with Gasteiger partial charge >= 0.3 is 5.97 Å². The Labute approximate surface area is 83.1 Å². The number of ether oxygens (including phenoxy) is 1. The maximum absolute atomic E-state index is 10.2. The Morgan fingerprint density at radius 3 is 1.77 bits per heavy atom. The van der Waals surface area contributed by atoms with E-state index < -0.39 is 0 Å².